The first-order chi connectivity index (χ1) is 7.86. The van der Waals surface area contributed by atoms with Gasteiger partial charge in [-0.15, -0.1) is 0 Å². The molecular formula is C13H20Cl2N2. The molecule has 0 bridgehead atoms. The standard InChI is InChI=1S/C13H20Cl2N2/c1-13(2,3)9-7-10(14)12(11(15)8-9)17-6-5-16-4/h7-8,16-17H,5-6H2,1-4H3. The van der Waals surface area contributed by atoms with E-state index in [2.05, 4.69) is 31.4 Å². The van der Waals surface area contributed by atoms with Crippen molar-refractivity contribution in [3.8, 4) is 0 Å². The van der Waals surface area contributed by atoms with Gasteiger partial charge in [0.25, 0.3) is 0 Å². The van der Waals surface area contributed by atoms with Crippen LogP contribution in [0.2, 0.25) is 10.0 Å². The van der Waals surface area contributed by atoms with Gasteiger partial charge < -0.3 is 10.6 Å². The van der Waals surface area contributed by atoms with Crippen molar-refractivity contribution in [2.75, 3.05) is 25.5 Å². The molecule has 1 rings (SSSR count). The van der Waals surface area contributed by atoms with Gasteiger partial charge in [0.15, 0.2) is 0 Å². The Hall–Kier alpha value is -0.440. The topological polar surface area (TPSA) is 24.1 Å². The molecule has 0 radical (unpaired) electrons. The van der Waals surface area contributed by atoms with Gasteiger partial charge in [-0.3, -0.25) is 0 Å². The van der Waals surface area contributed by atoms with Crippen molar-refractivity contribution in [1.82, 2.24) is 5.32 Å². The van der Waals surface area contributed by atoms with Crippen molar-refractivity contribution < 1.29 is 0 Å². The second-order valence-corrected chi connectivity index (χ2v) is 5.91. The van der Waals surface area contributed by atoms with Crippen LogP contribution >= 0.6 is 23.2 Å². The number of anilines is 1. The molecule has 17 heavy (non-hydrogen) atoms. The van der Waals surface area contributed by atoms with Gasteiger partial charge in [0.1, 0.15) is 0 Å². The Kier molecular flexibility index (Phi) is 5.11. The maximum Gasteiger partial charge on any atom is 0.0719 e. The number of likely N-dealkylation sites (N-methyl/N-ethyl adjacent to an activating group) is 1. The summed E-state index contributed by atoms with van der Waals surface area (Å²) < 4.78 is 0. The van der Waals surface area contributed by atoms with E-state index in [-0.39, 0.29) is 5.41 Å². The van der Waals surface area contributed by atoms with Crippen LogP contribution in [0.1, 0.15) is 26.3 Å². The van der Waals surface area contributed by atoms with Crippen LogP contribution in [-0.2, 0) is 5.41 Å². The third-order valence-corrected chi connectivity index (χ3v) is 3.18. The molecule has 96 valence electrons. The van der Waals surface area contributed by atoms with Crippen LogP contribution in [0.15, 0.2) is 12.1 Å². The first-order valence-electron chi connectivity index (χ1n) is 5.74. The zero-order chi connectivity index (χ0) is 13.1. The van der Waals surface area contributed by atoms with Crippen molar-refractivity contribution in [3.05, 3.63) is 27.7 Å². The van der Waals surface area contributed by atoms with Gasteiger partial charge in [-0.05, 0) is 30.2 Å². The van der Waals surface area contributed by atoms with E-state index in [1.165, 1.54) is 0 Å². The Morgan fingerprint density at radius 3 is 2.00 bits per heavy atom. The van der Waals surface area contributed by atoms with Crippen LogP contribution in [0.25, 0.3) is 0 Å². The van der Waals surface area contributed by atoms with Crippen LogP contribution in [0.3, 0.4) is 0 Å². The van der Waals surface area contributed by atoms with Crippen molar-refractivity contribution in [2.24, 2.45) is 0 Å². The summed E-state index contributed by atoms with van der Waals surface area (Å²) in [5, 5.41) is 7.66. The smallest absolute Gasteiger partial charge is 0.0719 e. The average molecular weight is 275 g/mol. The Morgan fingerprint density at radius 2 is 1.59 bits per heavy atom. The van der Waals surface area contributed by atoms with Gasteiger partial charge in [-0.2, -0.15) is 0 Å². The molecule has 0 saturated heterocycles. The van der Waals surface area contributed by atoms with Gasteiger partial charge in [-0.1, -0.05) is 44.0 Å². The molecule has 0 atom stereocenters. The molecule has 0 aliphatic carbocycles. The number of halogens is 2. The van der Waals surface area contributed by atoms with E-state index in [9.17, 15) is 0 Å². The molecule has 1 aromatic rings. The second-order valence-electron chi connectivity index (χ2n) is 5.10. The lowest BCUT2D eigenvalue weighted by Gasteiger charge is -2.21. The highest BCUT2D eigenvalue weighted by atomic mass is 35.5. The molecule has 0 heterocycles. The lowest BCUT2D eigenvalue weighted by Crippen LogP contribution is -2.18. The Bertz CT molecular complexity index is 360. The molecule has 0 fully saturated rings. The molecular weight excluding hydrogens is 255 g/mol. The summed E-state index contributed by atoms with van der Waals surface area (Å²) in [5.74, 6) is 0. The molecule has 0 spiro atoms. The van der Waals surface area contributed by atoms with E-state index < -0.39 is 0 Å². The lowest BCUT2D eigenvalue weighted by molar-refractivity contribution is 0.590. The maximum absolute atomic E-state index is 6.25. The van der Waals surface area contributed by atoms with E-state index >= 15 is 0 Å². The minimum absolute atomic E-state index is 0.0524. The minimum atomic E-state index is 0.0524. The average Bonchev–Trinajstić information content (AvgIpc) is 2.20. The minimum Gasteiger partial charge on any atom is -0.381 e. The van der Waals surface area contributed by atoms with E-state index in [0.717, 1.165) is 24.3 Å². The van der Waals surface area contributed by atoms with Crippen LogP contribution in [0.5, 0.6) is 0 Å². The summed E-state index contributed by atoms with van der Waals surface area (Å²) in [7, 11) is 1.91. The fourth-order valence-electron chi connectivity index (χ4n) is 1.49. The predicted molar refractivity (Wildman–Crippen MR) is 77.6 cm³/mol. The van der Waals surface area contributed by atoms with Crippen LogP contribution in [0.4, 0.5) is 5.69 Å². The quantitative estimate of drug-likeness (QED) is 0.814. The number of rotatable bonds is 4. The molecule has 2 N–H and O–H groups in total. The van der Waals surface area contributed by atoms with Gasteiger partial charge in [0, 0.05) is 13.1 Å². The summed E-state index contributed by atoms with van der Waals surface area (Å²) in [6.07, 6.45) is 0. The number of benzene rings is 1. The predicted octanol–water partition coefficient (Wildman–Crippen LogP) is 3.92. The maximum atomic E-state index is 6.25. The highest BCUT2D eigenvalue weighted by molar-refractivity contribution is 6.39. The van der Waals surface area contributed by atoms with Gasteiger partial charge >= 0.3 is 0 Å². The Balaban J connectivity index is 2.95. The van der Waals surface area contributed by atoms with Gasteiger partial charge in [-0.25, -0.2) is 0 Å². The third kappa shape index (κ3) is 4.06. The summed E-state index contributed by atoms with van der Waals surface area (Å²) in [4.78, 5) is 0. The number of hydrogen-bond donors (Lipinski definition) is 2. The Morgan fingerprint density at radius 1 is 1.06 bits per heavy atom. The molecule has 0 unspecified atom stereocenters. The molecule has 0 saturated carbocycles. The molecule has 0 amide bonds. The molecule has 0 aromatic heterocycles. The highest BCUT2D eigenvalue weighted by Gasteiger charge is 2.17. The summed E-state index contributed by atoms with van der Waals surface area (Å²) in [5.41, 5.74) is 2.01. The normalized spacial score (nSPS) is 11.6. The largest absolute Gasteiger partial charge is 0.381 e. The first-order valence-corrected chi connectivity index (χ1v) is 6.50. The second kappa shape index (κ2) is 5.94. The van der Waals surface area contributed by atoms with Crippen LogP contribution in [-0.4, -0.2) is 20.1 Å². The van der Waals surface area contributed by atoms with E-state index in [0.29, 0.717) is 10.0 Å². The van der Waals surface area contributed by atoms with Crippen molar-refractivity contribution in [2.45, 2.75) is 26.2 Å². The zero-order valence-electron chi connectivity index (χ0n) is 10.8. The third-order valence-electron chi connectivity index (χ3n) is 2.58. The summed E-state index contributed by atoms with van der Waals surface area (Å²) in [6.45, 7) is 8.09. The van der Waals surface area contributed by atoms with Gasteiger partial charge in [0.05, 0.1) is 15.7 Å². The lowest BCUT2D eigenvalue weighted by atomic mass is 9.87. The Labute approximate surface area is 114 Å². The van der Waals surface area contributed by atoms with Crippen LogP contribution < -0.4 is 10.6 Å². The molecule has 2 nitrogen and oxygen atoms in total. The fourth-order valence-corrected chi connectivity index (χ4v) is 2.11. The van der Waals surface area contributed by atoms with E-state index in [1.54, 1.807) is 0 Å². The molecule has 0 aliphatic rings. The van der Waals surface area contributed by atoms with Crippen molar-refractivity contribution >= 4 is 28.9 Å². The SMILES string of the molecule is CNCCNc1c(Cl)cc(C(C)(C)C)cc1Cl. The molecule has 4 heteroatoms. The molecule has 0 aliphatic heterocycles. The fraction of sp³-hybridized carbons (Fsp3) is 0.538. The summed E-state index contributed by atoms with van der Waals surface area (Å²) in [6, 6.07) is 3.96. The molecule has 1 aromatic carbocycles. The van der Waals surface area contributed by atoms with Gasteiger partial charge in [0.2, 0.25) is 0 Å². The summed E-state index contributed by atoms with van der Waals surface area (Å²) >= 11 is 12.5. The van der Waals surface area contributed by atoms with E-state index in [1.807, 2.05) is 19.2 Å². The van der Waals surface area contributed by atoms with Crippen molar-refractivity contribution in [3.63, 3.8) is 0 Å². The number of hydrogen-bond acceptors (Lipinski definition) is 2. The zero-order valence-corrected chi connectivity index (χ0v) is 12.3. The van der Waals surface area contributed by atoms with Crippen LogP contribution in [0, 0.1) is 0 Å². The monoisotopic (exact) mass is 274 g/mol. The van der Waals surface area contributed by atoms with E-state index in [4.69, 9.17) is 23.2 Å². The number of nitrogens with one attached hydrogen (secondary N) is 2. The highest BCUT2D eigenvalue weighted by Crippen LogP contribution is 2.35. The first kappa shape index (κ1) is 14.6. The van der Waals surface area contributed by atoms with Crippen molar-refractivity contribution in [1.29, 1.82) is 0 Å².